The van der Waals surface area contributed by atoms with E-state index in [4.69, 9.17) is 0 Å². The van der Waals surface area contributed by atoms with Gasteiger partial charge in [0.1, 0.15) is 0 Å². The first-order chi connectivity index (χ1) is 8.70. The van der Waals surface area contributed by atoms with E-state index in [9.17, 15) is 4.79 Å². The van der Waals surface area contributed by atoms with Gasteiger partial charge in [0, 0.05) is 19.6 Å². The molecule has 2 atom stereocenters. The first kappa shape index (κ1) is 13.8. The van der Waals surface area contributed by atoms with E-state index in [1.165, 1.54) is 19.4 Å². The van der Waals surface area contributed by atoms with Crippen LogP contribution < -0.4 is 5.32 Å². The highest BCUT2D eigenvalue weighted by atomic mass is 16.2. The van der Waals surface area contributed by atoms with Crippen LogP contribution in [0.5, 0.6) is 0 Å². The summed E-state index contributed by atoms with van der Waals surface area (Å²) in [4.78, 5) is 16.8. The highest BCUT2D eigenvalue weighted by Crippen LogP contribution is 2.19. The Morgan fingerprint density at radius 1 is 1.28 bits per heavy atom. The molecular formula is C14H27N3O. The van der Waals surface area contributed by atoms with Crippen molar-refractivity contribution in [2.75, 3.05) is 39.8 Å². The van der Waals surface area contributed by atoms with Crippen molar-refractivity contribution in [3.63, 3.8) is 0 Å². The van der Waals surface area contributed by atoms with Gasteiger partial charge in [-0.15, -0.1) is 0 Å². The second kappa shape index (κ2) is 6.53. The zero-order valence-corrected chi connectivity index (χ0v) is 11.8. The van der Waals surface area contributed by atoms with Crippen LogP contribution in [0, 0.1) is 5.92 Å². The number of carbonyl (C=O) groups excluding carboxylic acids is 1. The summed E-state index contributed by atoms with van der Waals surface area (Å²) >= 11 is 0. The molecule has 0 aromatic heterocycles. The summed E-state index contributed by atoms with van der Waals surface area (Å²) in [7, 11) is 2.19. The summed E-state index contributed by atoms with van der Waals surface area (Å²) in [6, 6.07) is 0.0741. The molecule has 2 aliphatic heterocycles. The van der Waals surface area contributed by atoms with E-state index in [1.54, 1.807) is 0 Å². The minimum absolute atomic E-state index is 0.0741. The van der Waals surface area contributed by atoms with E-state index in [1.807, 2.05) is 0 Å². The second-order valence-electron chi connectivity index (χ2n) is 5.81. The molecule has 2 unspecified atom stereocenters. The molecule has 18 heavy (non-hydrogen) atoms. The average Bonchev–Trinajstić information content (AvgIpc) is 2.35. The molecule has 1 N–H and O–H groups in total. The van der Waals surface area contributed by atoms with E-state index in [-0.39, 0.29) is 6.04 Å². The van der Waals surface area contributed by atoms with Gasteiger partial charge in [0.15, 0.2) is 0 Å². The summed E-state index contributed by atoms with van der Waals surface area (Å²) in [5, 5.41) is 3.31. The summed E-state index contributed by atoms with van der Waals surface area (Å²) in [5.41, 5.74) is 0. The Balaban J connectivity index is 1.85. The molecule has 4 heteroatoms. The molecule has 0 bridgehead atoms. The standard InChI is InChI=1S/C14H27N3O/c1-3-15-13-7-5-9-17(14(13)18)11-12-6-4-8-16(2)10-12/h12-13,15H,3-11H2,1-2H3. The van der Waals surface area contributed by atoms with Gasteiger partial charge in [-0.3, -0.25) is 4.79 Å². The number of carbonyl (C=O) groups is 1. The summed E-state index contributed by atoms with van der Waals surface area (Å²) in [6.45, 7) is 7.24. The van der Waals surface area contributed by atoms with Gasteiger partial charge in [0.2, 0.25) is 5.91 Å². The predicted molar refractivity (Wildman–Crippen MR) is 73.5 cm³/mol. The van der Waals surface area contributed by atoms with Gasteiger partial charge in [-0.1, -0.05) is 6.92 Å². The van der Waals surface area contributed by atoms with Gasteiger partial charge in [0.05, 0.1) is 6.04 Å². The van der Waals surface area contributed by atoms with Gasteiger partial charge in [-0.05, 0) is 51.7 Å². The van der Waals surface area contributed by atoms with Crippen LogP contribution in [0.3, 0.4) is 0 Å². The molecule has 2 aliphatic rings. The zero-order chi connectivity index (χ0) is 13.0. The zero-order valence-electron chi connectivity index (χ0n) is 11.8. The number of nitrogens with zero attached hydrogens (tertiary/aromatic N) is 2. The van der Waals surface area contributed by atoms with Crippen molar-refractivity contribution in [3.8, 4) is 0 Å². The van der Waals surface area contributed by atoms with Crippen molar-refractivity contribution in [3.05, 3.63) is 0 Å². The molecule has 104 valence electrons. The molecule has 0 aromatic carbocycles. The minimum atomic E-state index is 0.0741. The molecule has 4 nitrogen and oxygen atoms in total. The monoisotopic (exact) mass is 253 g/mol. The highest BCUT2D eigenvalue weighted by molar-refractivity contribution is 5.82. The van der Waals surface area contributed by atoms with Gasteiger partial charge < -0.3 is 15.1 Å². The number of hydrogen-bond acceptors (Lipinski definition) is 3. The van der Waals surface area contributed by atoms with E-state index in [2.05, 4.69) is 29.1 Å². The fourth-order valence-electron chi connectivity index (χ4n) is 3.29. The normalized spacial score (nSPS) is 30.8. The summed E-state index contributed by atoms with van der Waals surface area (Å²) in [5.74, 6) is 1.00. The first-order valence-corrected chi connectivity index (χ1v) is 7.41. The Bertz CT molecular complexity index is 280. The fraction of sp³-hybridized carbons (Fsp3) is 0.929. The average molecular weight is 253 g/mol. The molecule has 0 aliphatic carbocycles. The Kier molecular flexibility index (Phi) is 5.01. The Labute approximate surface area is 111 Å². The molecule has 2 rings (SSSR count). The number of nitrogens with one attached hydrogen (secondary N) is 1. The van der Waals surface area contributed by atoms with E-state index in [0.29, 0.717) is 11.8 Å². The quantitative estimate of drug-likeness (QED) is 0.809. The van der Waals surface area contributed by atoms with Crippen molar-refractivity contribution in [1.29, 1.82) is 0 Å². The predicted octanol–water partition coefficient (Wildman–Crippen LogP) is 0.929. The van der Waals surface area contributed by atoms with Crippen molar-refractivity contribution in [1.82, 2.24) is 15.1 Å². The van der Waals surface area contributed by atoms with Crippen LogP contribution in [0.25, 0.3) is 0 Å². The summed E-state index contributed by atoms with van der Waals surface area (Å²) < 4.78 is 0. The van der Waals surface area contributed by atoms with Crippen LogP contribution in [0.2, 0.25) is 0 Å². The van der Waals surface area contributed by atoms with Crippen molar-refractivity contribution < 1.29 is 4.79 Å². The molecule has 0 spiro atoms. The number of likely N-dealkylation sites (tertiary alicyclic amines) is 2. The lowest BCUT2D eigenvalue weighted by atomic mass is 9.96. The first-order valence-electron chi connectivity index (χ1n) is 7.41. The molecule has 0 radical (unpaired) electrons. The third-order valence-corrected chi connectivity index (χ3v) is 4.18. The van der Waals surface area contributed by atoms with Crippen molar-refractivity contribution in [2.24, 2.45) is 5.92 Å². The molecule has 1 amide bonds. The molecule has 2 saturated heterocycles. The lowest BCUT2D eigenvalue weighted by molar-refractivity contribution is -0.136. The Morgan fingerprint density at radius 3 is 2.78 bits per heavy atom. The number of amides is 1. The second-order valence-corrected chi connectivity index (χ2v) is 5.81. The van der Waals surface area contributed by atoms with Gasteiger partial charge in [0.25, 0.3) is 0 Å². The lowest BCUT2D eigenvalue weighted by Crippen LogP contribution is -2.52. The maximum absolute atomic E-state index is 12.3. The van der Waals surface area contributed by atoms with E-state index >= 15 is 0 Å². The number of rotatable bonds is 4. The molecule has 0 aromatic rings. The van der Waals surface area contributed by atoms with Gasteiger partial charge >= 0.3 is 0 Å². The lowest BCUT2D eigenvalue weighted by Gasteiger charge is -2.37. The highest BCUT2D eigenvalue weighted by Gasteiger charge is 2.30. The van der Waals surface area contributed by atoms with Crippen LogP contribution >= 0.6 is 0 Å². The van der Waals surface area contributed by atoms with Crippen molar-refractivity contribution >= 4 is 5.91 Å². The Morgan fingerprint density at radius 2 is 2.06 bits per heavy atom. The smallest absolute Gasteiger partial charge is 0.239 e. The van der Waals surface area contributed by atoms with E-state index < -0.39 is 0 Å². The SMILES string of the molecule is CCNC1CCCN(CC2CCCN(C)C2)C1=O. The van der Waals surface area contributed by atoms with Gasteiger partial charge in [-0.25, -0.2) is 0 Å². The van der Waals surface area contributed by atoms with Gasteiger partial charge in [-0.2, -0.15) is 0 Å². The largest absolute Gasteiger partial charge is 0.341 e. The molecular weight excluding hydrogens is 226 g/mol. The number of piperidine rings is 2. The maximum atomic E-state index is 12.3. The van der Waals surface area contributed by atoms with Crippen LogP contribution in [-0.4, -0.2) is 61.5 Å². The molecule has 0 saturated carbocycles. The Hall–Kier alpha value is -0.610. The van der Waals surface area contributed by atoms with Crippen LogP contribution in [-0.2, 0) is 4.79 Å². The minimum Gasteiger partial charge on any atom is -0.341 e. The van der Waals surface area contributed by atoms with Crippen LogP contribution in [0.1, 0.15) is 32.6 Å². The van der Waals surface area contributed by atoms with Crippen LogP contribution in [0.15, 0.2) is 0 Å². The molecule has 2 heterocycles. The molecule has 2 fully saturated rings. The topological polar surface area (TPSA) is 35.6 Å². The third kappa shape index (κ3) is 3.45. The maximum Gasteiger partial charge on any atom is 0.239 e. The van der Waals surface area contributed by atoms with E-state index in [0.717, 1.165) is 39.0 Å². The summed E-state index contributed by atoms with van der Waals surface area (Å²) in [6.07, 6.45) is 4.71. The third-order valence-electron chi connectivity index (χ3n) is 4.18. The number of likely N-dealkylation sites (N-methyl/N-ethyl adjacent to an activating group) is 1. The van der Waals surface area contributed by atoms with Crippen LogP contribution in [0.4, 0.5) is 0 Å². The van der Waals surface area contributed by atoms with Crippen molar-refractivity contribution in [2.45, 2.75) is 38.6 Å². The number of hydrogen-bond donors (Lipinski definition) is 1. The fourth-order valence-corrected chi connectivity index (χ4v) is 3.29.